The number of aromatic amines is 2. The van der Waals surface area contributed by atoms with Gasteiger partial charge in [0.15, 0.2) is 11.6 Å². The largest absolute Gasteiger partial charge is 0.489 e. The smallest absolute Gasteiger partial charge is 0.169 e. The topological polar surface area (TPSA) is 134 Å². The third-order valence-corrected chi connectivity index (χ3v) is 8.05. The van der Waals surface area contributed by atoms with Crippen LogP contribution in [0.5, 0.6) is 5.75 Å². The normalized spacial score (nSPS) is 14.3. The van der Waals surface area contributed by atoms with Crippen LogP contribution in [0.4, 0.5) is 0 Å². The molecule has 0 aromatic carbocycles. The summed E-state index contributed by atoms with van der Waals surface area (Å²) in [5.74, 6) is 1.40. The Balaban J connectivity index is 1.25. The van der Waals surface area contributed by atoms with Crippen LogP contribution in [0, 0.1) is 0 Å². The number of rotatable bonds is 6. The second-order valence-corrected chi connectivity index (χ2v) is 10.6. The molecule has 39 heavy (non-hydrogen) atoms. The van der Waals surface area contributed by atoms with Gasteiger partial charge in [-0.05, 0) is 63.2 Å². The highest BCUT2D eigenvalue weighted by molar-refractivity contribution is 7.17. The number of thiophene rings is 1. The van der Waals surface area contributed by atoms with Gasteiger partial charge < -0.3 is 15.0 Å². The fourth-order valence-corrected chi connectivity index (χ4v) is 5.77. The molecule has 6 aromatic heterocycles. The Kier molecular flexibility index (Phi) is 5.86. The summed E-state index contributed by atoms with van der Waals surface area (Å²) in [6, 6.07) is 9.60. The van der Waals surface area contributed by atoms with Crippen LogP contribution >= 0.6 is 11.3 Å². The highest BCUT2D eigenvalue weighted by Gasteiger charge is 2.19. The number of aromatic nitrogens is 7. The second-order valence-electron chi connectivity index (χ2n) is 9.53. The lowest BCUT2D eigenvalue weighted by molar-refractivity contribution is 0.102. The first-order valence-electron chi connectivity index (χ1n) is 12.8. The van der Waals surface area contributed by atoms with Crippen LogP contribution in [-0.2, 0) is 0 Å². The van der Waals surface area contributed by atoms with Gasteiger partial charge in [0.2, 0.25) is 0 Å². The number of piperidine rings is 1. The molecule has 6 aromatic rings. The average Bonchev–Trinajstić information content (AvgIpc) is 3.71. The minimum atomic E-state index is 0.0344. The van der Waals surface area contributed by atoms with Crippen LogP contribution in [0.25, 0.3) is 55.3 Å². The van der Waals surface area contributed by atoms with Gasteiger partial charge in [-0.2, -0.15) is 5.10 Å². The van der Waals surface area contributed by atoms with Crippen molar-refractivity contribution < 1.29 is 9.53 Å². The molecular weight excluding hydrogens is 512 g/mol. The van der Waals surface area contributed by atoms with Crippen LogP contribution < -0.4 is 10.1 Å². The number of carbonyl (C=O) groups excluding carboxylic acids is 1. The Morgan fingerprint density at radius 1 is 1.03 bits per heavy atom. The molecule has 7 heterocycles. The van der Waals surface area contributed by atoms with Gasteiger partial charge in [-0.15, -0.1) is 11.3 Å². The van der Waals surface area contributed by atoms with Gasteiger partial charge in [0, 0.05) is 23.3 Å². The zero-order chi connectivity index (χ0) is 26.3. The van der Waals surface area contributed by atoms with Crippen molar-refractivity contribution in [2.45, 2.75) is 25.9 Å². The van der Waals surface area contributed by atoms with Crippen molar-refractivity contribution >= 4 is 39.1 Å². The predicted octanol–water partition coefficient (Wildman–Crippen LogP) is 5.02. The summed E-state index contributed by atoms with van der Waals surface area (Å²) < 4.78 is 6.19. The quantitative estimate of drug-likeness (QED) is 0.253. The maximum atomic E-state index is 11.8. The number of nitrogens with zero attached hydrogens (tertiary/aromatic N) is 5. The van der Waals surface area contributed by atoms with Crippen molar-refractivity contribution in [2.24, 2.45) is 0 Å². The van der Waals surface area contributed by atoms with E-state index < -0.39 is 0 Å². The van der Waals surface area contributed by atoms with Gasteiger partial charge in [0.1, 0.15) is 28.8 Å². The van der Waals surface area contributed by atoms with Crippen LogP contribution in [0.1, 0.15) is 29.4 Å². The maximum absolute atomic E-state index is 11.8. The minimum Gasteiger partial charge on any atom is -0.489 e. The molecule has 7 rings (SSSR count). The standard InChI is InChI=1S/C28H24N8O2S/c1-15(37)23-2-3-24(39-23)27-26-20(6-9-31-27)33-28(34-26)25-19-11-21(32-14-22(19)35-36-25)16-10-18(13-30-12-16)38-17-4-7-29-8-5-17/h2-3,6,9-14,17,29H,4-5,7-8H2,1H3,(H,33,34)(H,35,36). The number of nitrogens with one attached hydrogen (secondary N) is 3. The fourth-order valence-electron chi connectivity index (χ4n) is 4.87. The lowest BCUT2D eigenvalue weighted by Crippen LogP contribution is -2.34. The zero-order valence-electron chi connectivity index (χ0n) is 21.1. The molecule has 0 aliphatic carbocycles. The van der Waals surface area contributed by atoms with Gasteiger partial charge in [-0.1, -0.05) is 0 Å². The predicted molar refractivity (Wildman–Crippen MR) is 150 cm³/mol. The third kappa shape index (κ3) is 4.45. The molecule has 0 atom stereocenters. The minimum absolute atomic E-state index is 0.0344. The van der Waals surface area contributed by atoms with E-state index in [2.05, 4.69) is 35.5 Å². The number of Topliss-reactive ketones (excluding diaryl/α,β-unsaturated/α-hetero) is 1. The molecule has 194 valence electrons. The first-order valence-corrected chi connectivity index (χ1v) is 13.6. The zero-order valence-corrected chi connectivity index (χ0v) is 21.9. The molecule has 0 amide bonds. The van der Waals surface area contributed by atoms with E-state index in [1.165, 1.54) is 11.3 Å². The Morgan fingerprint density at radius 3 is 2.77 bits per heavy atom. The molecule has 0 unspecified atom stereocenters. The van der Waals surface area contributed by atoms with Gasteiger partial charge >= 0.3 is 0 Å². The number of carbonyl (C=O) groups is 1. The van der Waals surface area contributed by atoms with E-state index in [0.717, 1.165) is 75.4 Å². The first kappa shape index (κ1) is 23.6. The summed E-state index contributed by atoms with van der Waals surface area (Å²) in [5.41, 5.74) is 5.40. The fraction of sp³-hybridized carbons (Fsp3) is 0.214. The Hall–Kier alpha value is -4.48. The number of hydrogen-bond donors (Lipinski definition) is 3. The van der Waals surface area contributed by atoms with E-state index in [4.69, 9.17) is 9.72 Å². The van der Waals surface area contributed by atoms with E-state index in [-0.39, 0.29) is 11.9 Å². The summed E-state index contributed by atoms with van der Waals surface area (Å²) in [5, 5.41) is 11.9. The van der Waals surface area contributed by atoms with Crippen LogP contribution in [0.2, 0.25) is 0 Å². The third-order valence-electron chi connectivity index (χ3n) is 6.86. The van der Waals surface area contributed by atoms with Crippen LogP contribution in [0.15, 0.2) is 55.1 Å². The Morgan fingerprint density at radius 2 is 1.92 bits per heavy atom. The Labute approximate surface area is 226 Å². The highest BCUT2D eigenvalue weighted by atomic mass is 32.1. The van der Waals surface area contributed by atoms with Crippen LogP contribution in [-0.4, -0.2) is 60.1 Å². The molecule has 0 bridgehead atoms. The number of pyridine rings is 3. The van der Waals surface area contributed by atoms with Gasteiger partial charge in [-0.3, -0.25) is 24.8 Å². The van der Waals surface area contributed by atoms with Crippen molar-refractivity contribution in [1.29, 1.82) is 0 Å². The second kappa shape index (κ2) is 9.68. The molecule has 1 saturated heterocycles. The van der Waals surface area contributed by atoms with Gasteiger partial charge in [0.05, 0.1) is 38.9 Å². The van der Waals surface area contributed by atoms with E-state index in [1.54, 1.807) is 31.7 Å². The molecule has 0 spiro atoms. The summed E-state index contributed by atoms with van der Waals surface area (Å²) in [7, 11) is 0. The monoisotopic (exact) mass is 536 g/mol. The molecule has 11 heteroatoms. The molecular formula is C28H24N8O2S. The number of fused-ring (bicyclic) bond motifs is 2. The van der Waals surface area contributed by atoms with Gasteiger partial charge in [0.25, 0.3) is 0 Å². The molecule has 1 aliphatic heterocycles. The van der Waals surface area contributed by atoms with Crippen molar-refractivity contribution in [3.63, 3.8) is 0 Å². The maximum Gasteiger partial charge on any atom is 0.169 e. The lowest BCUT2D eigenvalue weighted by Gasteiger charge is -2.23. The molecule has 0 saturated carbocycles. The summed E-state index contributed by atoms with van der Waals surface area (Å²) in [6.07, 6.45) is 9.20. The number of ether oxygens (including phenoxy) is 1. The van der Waals surface area contributed by atoms with Crippen LogP contribution in [0.3, 0.4) is 0 Å². The van der Waals surface area contributed by atoms with E-state index in [1.807, 2.05) is 30.3 Å². The first-order chi connectivity index (χ1) is 19.1. The van der Waals surface area contributed by atoms with Crippen molar-refractivity contribution in [3.05, 3.63) is 60.0 Å². The Bertz CT molecular complexity index is 1830. The van der Waals surface area contributed by atoms with Crippen molar-refractivity contribution in [2.75, 3.05) is 13.1 Å². The molecule has 3 N–H and O–H groups in total. The van der Waals surface area contributed by atoms with Gasteiger partial charge in [-0.25, -0.2) is 4.98 Å². The number of H-pyrrole nitrogens is 2. The highest BCUT2D eigenvalue weighted by Crippen LogP contribution is 2.34. The molecule has 1 fully saturated rings. The van der Waals surface area contributed by atoms with Crippen molar-refractivity contribution in [1.82, 2.24) is 40.4 Å². The summed E-state index contributed by atoms with van der Waals surface area (Å²) in [4.78, 5) is 35.3. The summed E-state index contributed by atoms with van der Waals surface area (Å²) >= 11 is 1.41. The summed E-state index contributed by atoms with van der Waals surface area (Å²) in [6.45, 7) is 3.49. The number of hydrogen-bond acceptors (Lipinski definition) is 9. The van der Waals surface area contributed by atoms with E-state index in [9.17, 15) is 4.79 Å². The SMILES string of the molecule is CC(=O)c1ccc(-c2nccc3[nH]c(-c4n[nH]c5cnc(-c6cncc(OC7CCNCC7)c6)cc45)nc23)s1. The van der Waals surface area contributed by atoms with E-state index in [0.29, 0.717) is 16.4 Å². The lowest BCUT2D eigenvalue weighted by atomic mass is 10.1. The average molecular weight is 537 g/mol. The van der Waals surface area contributed by atoms with Crippen molar-refractivity contribution in [3.8, 4) is 39.1 Å². The molecule has 1 aliphatic rings. The molecule has 10 nitrogen and oxygen atoms in total. The molecule has 0 radical (unpaired) electrons. The number of ketones is 1. The van der Waals surface area contributed by atoms with E-state index >= 15 is 0 Å². The number of imidazole rings is 1.